The van der Waals surface area contributed by atoms with Crippen LogP contribution in [0.1, 0.15) is 27.4 Å². The minimum Gasteiger partial charge on any atom is -0.325 e. The summed E-state index contributed by atoms with van der Waals surface area (Å²) in [5.41, 5.74) is 2.67. The lowest BCUT2D eigenvalue weighted by Gasteiger charge is -2.18. The van der Waals surface area contributed by atoms with Crippen LogP contribution < -0.4 is 10.6 Å². The summed E-state index contributed by atoms with van der Waals surface area (Å²) in [6.07, 6.45) is 0. The van der Waals surface area contributed by atoms with Crippen LogP contribution in [0.15, 0.2) is 109 Å². The molecule has 0 aromatic heterocycles. The zero-order valence-electron chi connectivity index (χ0n) is 18.0. The molecule has 0 unspecified atom stereocenters. The number of hydrogen-bond donors (Lipinski definition) is 2. The first-order valence-corrected chi connectivity index (χ1v) is 10.6. The Hall–Kier alpha value is -4.78. The van der Waals surface area contributed by atoms with Crippen LogP contribution in [0.3, 0.4) is 0 Å². The van der Waals surface area contributed by atoms with Gasteiger partial charge in [-0.2, -0.15) is 0 Å². The summed E-state index contributed by atoms with van der Waals surface area (Å²) in [4.78, 5) is 36.5. The van der Waals surface area contributed by atoms with Crippen LogP contribution in [0.4, 0.5) is 17.1 Å². The summed E-state index contributed by atoms with van der Waals surface area (Å²) < 4.78 is 0. The van der Waals surface area contributed by atoms with Crippen LogP contribution in [0.2, 0.25) is 0 Å². The first-order chi connectivity index (χ1) is 16.5. The van der Waals surface area contributed by atoms with Crippen molar-refractivity contribution in [2.75, 3.05) is 10.6 Å². The summed E-state index contributed by atoms with van der Waals surface area (Å²) >= 11 is 0. The summed E-state index contributed by atoms with van der Waals surface area (Å²) in [5.74, 6) is -1.20. The molecule has 7 nitrogen and oxygen atoms in total. The lowest BCUT2D eigenvalue weighted by atomic mass is 9.90. The van der Waals surface area contributed by atoms with Crippen LogP contribution in [-0.4, -0.2) is 16.7 Å². The molecular weight excluding hydrogens is 430 g/mol. The maximum atomic E-state index is 13.3. The Kier molecular flexibility index (Phi) is 6.74. The van der Waals surface area contributed by atoms with Crippen LogP contribution in [0, 0.1) is 10.1 Å². The third-order valence-electron chi connectivity index (χ3n) is 5.24. The molecule has 168 valence electrons. The van der Waals surface area contributed by atoms with E-state index in [0.717, 1.165) is 11.1 Å². The van der Waals surface area contributed by atoms with E-state index in [9.17, 15) is 19.7 Å². The molecule has 0 aliphatic carbocycles. The lowest BCUT2D eigenvalue weighted by molar-refractivity contribution is -0.384. The van der Waals surface area contributed by atoms with E-state index in [1.807, 2.05) is 60.7 Å². The molecule has 0 aliphatic heterocycles. The molecule has 0 spiro atoms. The van der Waals surface area contributed by atoms with E-state index in [-0.39, 0.29) is 11.6 Å². The summed E-state index contributed by atoms with van der Waals surface area (Å²) in [7, 11) is 0. The van der Waals surface area contributed by atoms with Gasteiger partial charge in [-0.3, -0.25) is 19.7 Å². The molecule has 0 heterocycles. The van der Waals surface area contributed by atoms with E-state index >= 15 is 0 Å². The van der Waals surface area contributed by atoms with Crippen molar-refractivity contribution >= 4 is 28.9 Å². The van der Waals surface area contributed by atoms with Crippen LogP contribution >= 0.6 is 0 Å². The Morgan fingerprint density at radius 1 is 0.676 bits per heavy atom. The van der Waals surface area contributed by atoms with Crippen molar-refractivity contribution in [3.05, 3.63) is 136 Å². The summed E-state index contributed by atoms with van der Waals surface area (Å²) in [6.45, 7) is 0. The second-order valence-electron chi connectivity index (χ2n) is 7.59. The highest BCUT2D eigenvalue weighted by atomic mass is 16.6. The molecule has 0 bridgehead atoms. The fraction of sp³-hybridized carbons (Fsp3) is 0.0370. The monoisotopic (exact) mass is 451 g/mol. The zero-order chi connectivity index (χ0) is 23.9. The molecule has 0 fully saturated rings. The number of nitro benzene ring substituents is 1. The molecule has 0 saturated carbocycles. The van der Waals surface area contributed by atoms with Gasteiger partial charge < -0.3 is 10.6 Å². The maximum absolute atomic E-state index is 13.3. The average molecular weight is 451 g/mol. The van der Waals surface area contributed by atoms with Crippen molar-refractivity contribution in [3.8, 4) is 0 Å². The van der Waals surface area contributed by atoms with Crippen LogP contribution in [-0.2, 0) is 4.79 Å². The topological polar surface area (TPSA) is 101 Å². The molecule has 2 N–H and O–H groups in total. The van der Waals surface area contributed by atoms with Crippen molar-refractivity contribution in [2.45, 2.75) is 5.92 Å². The third-order valence-corrected chi connectivity index (χ3v) is 5.24. The second-order valence-corrected chi connectivity index (χ2v) is 7.59. The van der Waals surface area contributed by atoms with Crippen molar-refractivity contribution in [3.63, 3.8) is 0 Å². The Morgan fingerprint density at radius 2 is 1.24 bits per heavy atom. The predicted octanol–water partition coefficient (Wildman–Crippen LogP) is 5.62. The highest BCUT2D eigenvalue weighted by Gasteiger charge is 2.23. The van der Waals surface area contributed by atoms with Gasteiger partial charge in [-0.25, -0.2) is 0 Å². The van der Waals surface area contributed by atoms with Crippen molar-refractivity contribution in [1.82, 2.24) is 0 Å². The van der Waals surface area contributed by atoms with Gasteiger partial charge in [0.15, 0.2) is 0 Å². The highest BCUT2D eigenvalue weighted by molar-refractivity contribution is 6.06. The van der Waals surface area contributed by atoms with Gasteiger partial charge in [-0.1, -0.05) is 72.8 Å². The molecule has 7 heteroatoms. The number of carbonyl (C=O) groups excluding carboxylic acids is 2. The Morgan fingerprint density at radius 3 is 1.82 bits per heavy atom. The predicted molar refractivity (Wildman–Crippen MR) is 131 cm³/mol. The van der Waals surface area contributed by atoms with Gasteiger partial charge in [0.1, 0.15) is 0 Å². The van der Waals surface area contributed by atoms with Crippen molar-refractivity contribution < 1.29 is 14.5 Å². The first kappa shape index (κ1) is 22.4. The highest BCUT2D eigenvalue weighted by Crippen LogP contribution is 2.26. The Bertz CT molecular complexity index is 1280. The Balaban J connectivity index is 1.54. The number of nitro groups is 1. The molecular formula is C27H21N3O4. The quantitative estimate of drug-likeness (QED) is 0.281. The van der Waals surface area contributed by atoms with E-state index in [1.165, 1.54) is 18.2 Å². The number of hydrogen-bond acceptors (Lipinski definition) is 4. The largest absolute Gasteiger partial charge is 0.325 e. The van der Waals surface area contributed by atoms with Gasteiger partial charge in [-0.15, -0.1) is 0 Å². The van der Waals surface area contributed by atoms with E-state index in [4.69, 9.17) is 0 Å². The standard InChI is InChI=1S/C27H21N3O4/c31-26(28-23-15-8-16-24(18-23)30(33)34)21-13-7-14-22(17-21)29-27(32)25(19-9-3-1-4-10-19)20-11-5-2-6-12-20/h1-18,25H,(H,28,31)(H,29,32). The molecule has 0 atom stereocenters. The van der Waals surface area contributed by atoms with E-state index in [1.54, 1.807) is 30.3 Å². The van der Waals surface area contributed by atoms with Crippen molar-refractivity contribution in [2.24, 2.45) is 0 Å². The number of non-ortho nitro benzene ring substituents is 1. The first-order valence-electron chi connectivity index (χ1n) is 10.6. The number of rotatable bonds is 7. The number of anilines is 2. The maximum Gasteiger partial charge on any atom is 0.271 e. The van der Waals surface area contributed by atoms with E-state index in [0.29, 0.717) is 16.9 Å². The number of nitrogens with one attached hydrogen (secondary N) is 2. The number of benzene rings is 4. The molecule has 0 saturated heterocycles. The molecule has 4 aromatic rings. The van der Waals surface area contributed by atoms with Gasteiger partial charge in [0.2, 0.25) is 5.91 Å². The number of carbonyl (C=O) groups is 2. The van der Waals surface area contributed by atoms with E-state index in [2.05, 4.69) is 10.6 Å². The molecule has 4 aromatic carbocycles. The smallest absolute Gasteiger partial charge is 0.271 e. The van der Waals surface area contributed by atoms with Crippen LogP contribution in [0.5, 0.6) is 0 Å². The SMILES string of the molecule is O=C(Nc1cccc([N+](=O)[O-])c1)c1cccc(NC(=O)C(c2ccccc2)c2ccccc2)c1. The minimum absolute atomic E-state index is 0.119. The van der Waals surface area contributed by atoms with Crippen molar-refractivity contribution in [1.29, 1.82) is 0 Å². The van der Waals surface area contributed by atoms with Gasteiger partial charge in [0.05, 0.1) is 10.8 Å². The van der Waals surface area contributed by atoms with Gasteiger partial charge in [0, 0.05) is 29.1 Å². The van der Waals surface area contributed by atoms with Gasteiger partial charge in [0.25, 0.3) is 11.6 Å². The molecule has 0 radical (unpaired) electrons. The minimum atomic E-state index is -0.526. The fourth-order valence-corrected chi connectivity index (χ4v) is 3.64. The number of nitrogens with zero attached hydrogens (tertiary/aromatic N) is 1. The lowest BCUT2D eigenvalue weighted by Crippen LogP contribution is -2.22. The second kappa shape index (κ2) is 10.2. The third kappa shape index (κ3) is 5.34. The Labute approximate surface area is 196 Å². The molecule has 2 amide bonds. The van der Waals surface area contributed by atoms with Gasteiger partial charge >= 0.3 is 0 Å². The summed E-state index contributed by atoms with van der Waals surface area (Å²) in [6, 6.07) is 31.2. The molecule has 0 aliphatic rings. The van der Waals surface area contributed by atoms with E-state index < -0.39 is 16.7 Å². The fourth-order valence-electron chi connectivity index (χ4n) is 3.64. The number of amides is 2. The normalized spacial score (nSPS) is 10.5. The zero-order valence-corrected chi connectivity index (χ0v) is 18.0. The van der Waals surface area contributed by atoms with Gasteiger partial charge in [-0.05, 0) is 35.4 Å². The molecule has 34 heavy (non-hydrogen) atoms. The summed E-state index contributed by atoms with van der Waals surface area (Å²) in [5, 5.41) is 16.5. The van der Waals surface area contributed by atoms with Crippen LogP contribution in [0.25, 0.3) is 0 Å². The molecule has 4 rings (SSSR count). The average Bonchev–Trinajstić information content (AvgIpc) is 2.86.